The lowest BCUT2D eigenvalue weighted by Gasteiger charge is -2.28. The van der Waals surface area contributed by atoms with Gasteiger partial charge < -0.3 is 24.7 Å². The number of aromatic hydroxyl groups is 1. The molecule has 7 heteroatoms. The predicted molar refractivity (Wildman–Crippen MR) is 137 cm³/mol. The number of likely N-dealkylation sites (tertiary alicyclic amines) is 1. The van der Waals surface area contributed by atoms with Gasteiger partial charge in [0, 0.05) is 18.7 Å². The van der Waals surface area contributed by atoms with Crippen LogP contribution < -0.4 is 4.74 Å². The summed E-state index contributed by atoms with van der Waals surface area (Å²) in [5, 5.41) is 21.7. The first-order valence-corrected chi connectivity index (χ1v) is 12.1. The van der Waals surface area contributed by atoms with Crippen LogP contribution in [-0.2, 0) is 9.59 Å². The lowest BCUT2D eigenvalue weighted by Crippen LogP contribution is -2.38. The van der Waals surface area contributed by atoms with Gasteiger partial charge in [-0.3, -0.25) is 9.59 Å². The molecule has 2 aromatic carbocycles. The molecule has 35 heavy (non-hydrogen) atoms. The Balaban J connectivity index is 2.20. The largest absolute Gasteiger partial charge is 0.508 e. The van der Waals surface area contributed by atoms with Crippen molar-refractivity contribution >= 4 is 17.4 Å². The van der Waals surface area contributed by atoms with Crippen molar-refractivity contribution in [2.45, 2.75) is 46.6 Å². The molecule has 2 N–H and O–H groups in total. The number of methoxy groups -OCH3 is 1. The summed E-state index contributed by atoms with van der Waals surface area (Å²) in [7, 11) is 1.60. The maximum atomic E-state index is 13.3. The Morgan fingerprint density at radius 3 is 2.40 bits per heavy atom. The normalized spacial score (nSPS) is 17.6. The Morgan fingerprint density at radius 2 is 1.83 bits per heavy atom. The van der Waals surface area contributed by atoms with Crippen molar-refractivity contribution in [2.75, 3.05) is 33.3 Å². The molecule has 1 aliphatic rings. The summed E-state index contributed by atoms with van der Waals surface area (Å²) in [5.41, 5.74) is 2.71. The monoisotopic (exact) mass is 480 g/mol. The highest BCUT2D eigenvalue weighted by Gasteiger charge is 2.46. The lowest BCUT2D eigenvalue weighted by atomic mass is 9.91. The van der Waals surface area contributed by atoms with Crippen molar-refractivity contribution in [3.8, 4) is 11.5 Å². The number of phenolic OH excluding ortho intramolecular Hbond substituents is 1. The molecule has 0 spiro atoms. The van der Waals surface area contributed by atoms with Crippen molar-refractivity contribution < 1.29 is 24.5 Å². The van der Waals surface area contributed by atoms with Gasteiger partial charge in [-0.2, -0.15) is 0 Å². The maximum absolute atomic E-state index is 13.3. The number of aliphatic hydroxyl groups excluding tert-OH is 1. The predicted octanol–water partition coefficient (Wildman–Crippen LogP) is 4.60. The van der Waals surface area contributed by atoms with Crippen LogP contribution >= 0.6 is 0 Å². The van der Waals surface area contributed by atoms with Gasteiger partial charge in [0.25, 0.3) is 11.7 Å². The number of rotatable bonds is 9. The van der Waals surface area contributed by atoms with Gasteiger partial charge >= 0.3 is 0 Å². The number of likely N-dealkylation sites (N-methyl/N-ethyl adjacent to an activating group) is 1. The number of phenols is 1. The fourth-order valence-corrected chi connectivity index (χ4v) is 4.67. The number of hydrogen-bond donors (Lipinski definition) is 2. The molecular formula is C28H36N2O5. The van der Waals surface area contributed by atoms with Crippen LogP contribution in [0.2, 0.25) is 0 Å². The van der Waals surface area contributed by atoms with E-state index in [4.69, 9.17) is 4.74 Å². The summed E-state index contributed by atoms with van der Waals surface area (Å²) in [6.07, 6.45) is 0. The molecule has 2 aromatic rings. The number of ketones is 1. The van der Waals surface area contributed by atoms with Crippen LogP contribution in [-0.4, -0.2) is 65.0 Å². The Labute approximate surface area is 207 Å². The minimum Gasteiger partial charge on any atom is -0.508 e. The Morgan fingerprint density at radius 1 is 1.14 bits per heavy atom. The molecule has 1 fully saturated rings. The molecule has 1 heterocycles. The molecule has 7 nitrogen and oxygen atoms in total. The second-order valence-corrected chi connectivity index (χ2v) is 9.18. The van der Waals surface area contributed by atoms with E-state index in [1.54, 1.807) is 19.2 Å². The van der Waals surface area contributed by atoms with Crippen LogP contribution in [0.15, 0.2) is 42.0 Å². The van der Waals surface area contributed by atoms with Crippen LogP contribution in [0.4, 0.5) is 0 Å². The number of aliphatic hydroxyl groups is 1. The third-order valence-corrected chi connectivity index (χ3v) is 6.73. The van der Waals surface area contributed by atoms with Crippen molar-refractivity contribution in [3.05, 3.63) is 64.2 Å². The fraction of sp³-hybridized carbons (Fsp3) is 0.429. The van der Waals surface area contributed by atoms with E-state index in [1.807, 2.05) is 46.8 Å². The molecule has 188 valence electrons. The zero-order valence-corrected chi connectivity index (χ0v) is 21.5. The smallest absolute Gasteiger partial charge is 0.295 e. The van der Waals surface area contributed by atoms with Crippen molar-refractivity contribution in [2.24, 2.45) is 0 Å². The van der Waals surface area contributed by atoms with E-state index in [-0.39, 0.29) is 23.0 Å². The van der Waals surface area contributed by atoms with Gasteiger partial charge in [0.1, 0.15) is 17.3 Å². The first kappa shape index (κ1) is 26.3. The average Bonchev–Trinajstić information content (AvgIpc) is 3.08. The minimum absolute atomic E-state index is 0.0274. The second-order valence-electron chi connectivity index (χ2n) is 9.18. The summed E-state index contributed by atoms with van der Waals surface area (Å²) in [6.45, 7) is 12.5. The van der Waals surface area contributed by atoms with Gasteiger partial charge in [-0.1, -0.05) is 39.8 Å². The Bertz CT molecular complexity index is 1130. The molecule has 0 radical (unpaired) electrons. The highest BCUT2D eigenvalue weighted by molar-refractivity contribution is 6.46. The van der Waals surface area contributed by atoms with E-state index in [1.165, 1.54) is 17.0 Å². The highest BCUT2D eigenvalue weighted by atomic mass is 16.5. The third-order valence-electron chi connectivity index (χ3n) is 6.73. The maximum Gasteiger partial charge on any atom is 0.295 e. The Hall–Kier alpha value is -3.32. The lowest BCUT2D eigenvalue weighted by molar-refractivity contribution is -0.140. The molecular weight excluding hydrogens is 444 g/mol. The molecule has 1 saturated heterocycles. The van der Waals surface area contributed by atoms with Crippen LogP contribution in [0.5, 0.6) is 11.5 Å². The number of nitrogens with zero attached hydrogens (tertiary/aromatic N) is 2. The highest BCUT2D eigenvalue weighted by Crippen LogP contribution is 2.41. The topological polar surface area (TPSA) is 90.3 Å². The summed E-state index contributed by atoms with van der Waals surface area (Å²) in [6, 6.07) is 9.37. The van der Waals surface area contributed by atoms with Crippen LogP contribution in [0.1, 0.15) is 61.9 Å². The molecule has 1 unspecified atom stereocenters. The SMILES string of the molecule is CCN(CC)CCN1C(=O)C(=O)/C(=C(/O)c2cc(C(C)C)c(OC)cc2C)C1c1cccc(O)c1. The summed E-state index contributed by atoms with van der Waals surface area (Å²) in [4.78, 5) is 30.2. The van der Waals surface area contributed by atoms with Crippen molar-refractivity contribution in [1.82, 2.24) is 9.80 Å². The van der Waals surface area contributed by atoms with Gasteiger partial charge in [-0.25, -0.2) is 0 Å². The number of hydrogen-bond acceptors (Lipinski definition) is 6. The summed E-state index contributed by atoms with van der Waals surface area (Å²) < 4.78 is 5.52. The van der Waals surface area contributed by atoms with Gasteiger partial charge in [0.15, 0.2) is 0 Å². The summed E-state index contributed by atoms with van der Waals surface area (Å²) in [5.74, 6) is -0.739. The number of amides is 1. The quantitative estimate of drug-likeness (QED) is 0.310. The van der Waals surface area contributed by atoms with Gasteiger partial charge in [0.2, 0.25) is 0 Å². The number of Topliss-reactive ketones (excluding diaryl/α,β-unsaturated/α-hetero) is 1. The first-order valence-electron chi connectivity index (χ1n) is 12.1. The van der Waals surface area contributed by atoms with Crippen LogP contribution in [0.3, 0.4) is 0 Å². The molecule has 3 rings (SSSR count). The van der Waals surface area contributed by atoms with E-state index >= 15 is 0 Å². The molecule has 1 aliphatic heterocycles. The molecule has 1 amide bonds. The number of carbonyl (C=O) groups is 2. The Kier molecular flexibility index (Phi) is 8.22. The number of benzene rings is 2. The van der Waals surface area contributed by atoms with Crippen molar-refractivity contribution in [1.29, 1.82) is 0 Å². The van der Waals surface area contributed by atoms with E-state index in [0.717, 1.165) is 24.2 Å². The second kappa shape index (κ2) is 11.0. The molecule has 0 saturated carbocycles. The first-order chi connectivity index (χ1) is 16.6. The van der Waals surface area contributed by atoms with E-state index < -0.39 is 17.7 Å². The standard InChI is InChI=1S/C28H36N2O5/c1-7-29(8-2)12-13-30-25(19-10-9-11-20(31)15-19)24(27(33)28(30)34)26(32)22-16-21(17(3)4)23(35-6)14-18(22)5/h9-11,14-17,25,31-32H,7-8,12-13H2,1-6H3/b26-24+. The van der Waals surface area contributed by atoms with Crippen LogP contribution in [0.25, 0.3) is 5.76 Å². The molecule has 0 bridgehead atoms. The fourth-order valence-electron chi connectivity index (χ4n) is 4.67. The molecule has 0 aliphatic carbocycles. The van der Waals surface area contributed by atoms with Crippen molar-refractivity contribution in [3.63, 3.8) is 0 Å². The van der Waals surface area contributed by atoms with E-state index in [9.17, 15) is 19.8 Å². The average molecular weight is 481 g/mol. The zero-order chi connectivity index (χ0) is 25.9. The number of carbonyl (C=O) groups excluding carboxylic acids is 2. The van der Waals surface area contributed by atoms with E-state index in [2.05, 4.69) is 4.90 Å². The number of ether oxygens (including phenoxy) is 1. The molecule has 0 aromatic heterocycles. The number of aryl methyl sites for hydroxylation is 1. The van der Waals surface area contributed by atoms with Crippen LogP contribution in [0, 0.1) is 6.92 Å². The van der Waals surface area contributed by atoms with E-state index in [0.29, 0.717) is 30.0 Å². The third kappa shape index (κ3) is 5.20. The summed E-state index contributed by atoms with van der Waals surface area (Å²) >= 11 is 0. The van der Waals surface area contributed by atoms with Gasteiger partial charge in [0.05, 0.1) is 18.7 Å². The minimum atomic E-state index is -0.804. The van der Waals surface area contributed by atoms with Gasteiger partial charge in [-0.15, -0.1) is 0 Å². The van der Waals surface area contributed by atoms with Gasteiger partial charge in [-0.05, 0) is 66.9 Å². The zero-order valence-electron chi connectivity index (χ0n) is 21.5. The molecule has 1 atom stereocenters.